The minimum Gasteiger partial charge on any atom is -0.508 e. The van der Waals surface area contributed by atoms with Crippen molar-refractivity contribution < 1.29 is 19.4 Å². The molecule has 2 aromatic rings. The number of phenolic OH excluding ortho intramolecular Hbond substituents is 1. The number of phenols is 1. The lowest BCUT2D eigenvalue weighted by atomic mass is 10.2. The number of carbonyl (C=O) groups is 1. The van der Waals surface area contributed by atoms with Crippen LogP contribution in [0.15, 0.2) is 48.5 Å². The fourth-order valence-electron chi connectivity index (χ4n) is 1.81. The van der Waals surface area contributed by atoms with Gasteiger partial charge in [-0.2, -0.15) is 0 Å². The van der Waals surface area contributed by atoms with E-state index in [4.69, 9.17) is 9.47 Å². The molecule has 2 rings (SSSR count). The summed E-state index contributed by atoms with van der Waals surface area (Å²) in [6.45, 7) is 2.66. The molecular formula is C17H19NO4. The summed E-state index contributed by atoms with van der Waals surface area (Å²) in [5.74, 6) is 0.493. The highest BCUT2D eigenvalue weighted by Crippen LogP contribution is 2.29. The van der Waals surface area contributed by atoms with Crippen LogP contribution in [-0.2, 0) is 11.3 Å². The van der Waals surface area contributed by atoms with Crippen molar-refractivity contribution in [1.82, 2.24) is 0 Å². The van der Waals surface area contributed by atoms with Crippen LogP contribution in [0.2, 0.25) is 0 Å². The van der Waals surface area contributed by atoms with Crippen molar-refractivity contribution in [2.45, 2.75) is 20.0 Å². The summed E-state index contributed by atoms with van der Waals surface area (Å²) in [5.41, 5.74) is 1.37. The highest BCUT2D eigenvalue weighted by Gasteiger charge is 2.10. The van der Waals surface area contributed by atoms with Gasteiger partial charge in [-0.25, -0.2) is 4.79 Å². The van der Waals surface area contributed by atoms with Gasteiger partial charge in [0.2, 0.25) is 0 Å². The predicted molar refractivity (Wildman–Crippen MR) is 84.1 cm³/mol. The largest absolute Gasteiger partial charge is 0.508 e. The molecule has 2 N–H and O–H groups in total. The van der Waals surface area contributed by atoms with Gasteiger partial charge in [0.15, 0.2) is 0 Å². The molecule has 0 aliphatic carbocycles. The summed E-state index contributed by atoms with van der Waals surface area (Å²) in [4.78, 5) is 11.8. The van der Waals surface area contributed by atoms with E-state index < -0.39 is 6.09 Å². The average molecular weight is 301 g/mol. The molecule has 0 fully saturated rings. The molecule has 116 valence electrons. The molecule has 0 unspecified atom stereocenters. The molecule has 0 aliphatic rings. The third-order valence-corrected chi connectivity index (χ3v) is 2.88. The maximum atomic E-state index is 11.8. The number of hydrogen-bond acceptors (Lipinski definition) is 4. The van der Waals surface area contributed by atoms with Gasteiger partial charge in [0.1, 0.15) is 18.1 Å². The van der Waals surface area contributed by atoms with Crippen LogP contribution in [0.5, 0.6) is 11.5 Å². The second-order valence-electron chi connectivity index (χ2n) is 4.72. The zero-order valence-electron chi connectivity index (χ0n) is 12.4. The Morgan fingerprint density at radius 3 is 2.68 bits per heavy atom. The van der Waals surface area contributed by atoms with E-state index in [0.29, 0.717) is 18.0 Å². The lowest BCUT2D eigenvalue weighted by Crippen LogP contribution is -2.14. The quantitative estimate of drug-likeness (QED) is 0.793. The highest BCUT2D eigenvalue weighted by atomic mass is 16.5. The van der Waals surface area contributed by atoms with E-state index in [2.05, 4.69) is 5.32 Å². The lowest BCUT2D eigenvalue weighted by molar-refractivity contribution is 0.155. The van der Waals surface area contributed by atoms with Crippen molar-refractivity contribution in [3.05, 3.63) is 54.1 Å². The normalized spacial score (nSPS) is 10.0. The molecule has 0 heterocycles. The summed E-state index contributed by atoms with van der Waals surface area (Å²) in [6, 6.07) is 13.9. The van der Waals surface area contributed by atoms with Crippen molar-refractivity contribution in [2.75, 3.05) is 11.9 Å². The summed E-state index contributed by atoms with van der Waals surface area (Å²) in [7, 11) is 0. The Kier molecular flexibility index (Phi) is 5.65. The SMILES string of the molecule is CCCOc1cc(O)ccc1NC(=O)OCc1ccccc1. The topological polar surface area (TPSA) is 67.8 Å². The van der Waals surface area contributed by atoms with Crippen molar-refractivity contribution in [1.29, 1.82) is 0 Å². The Hall–Kier alpha value is -2.69. The van der Waals surface area contributed by atoms with Gasteiger partial charge in [0.25, 0.3) is 0 Å². The summed E-state index contributed by atoms with van der Waals surface area (Å²) < 4.78 is 10.7. The van der Waals surface area contributed by atoms with E-state index in [0.717, 1.165) is 12.0 Å². The maximum Gasteiger partial charge on any atom is 0.412 e. The zero-order chi connectivity index (χ0) is 15.8. The monoisotopic (exact) mass is 301 g/mol. The Balaban J connectivity index is 1.95. The first-order valence-electron chi connectivity index (χ1n) is 7.12. The number of amides is 1. The molecule has 5 heteroatoms. The van der Waals surface area contributed by atoms with E-state index in [-0.39, 0.29) is 12.4 Å². The third kappa shape index (κ3) is 4.70. The van der Waals surface area contributed by atoms with Crippen LogP contribution in [0.25, 0.3) is 0 Å². The number of ether oxygens (including phenoxy) is 2. The molecule has 0 aromatic heterocycles. The molecule has 1 amide bonds. The molecule has 0 aliphatic heterocycles. The van der Waals surface area contributed by atoms with E-state index in [1.807, 2.05) is 37.3 Å². The van der Waals surface area contributed by atoms with Crippen molar-refractivity contribution in [3.8, 4) is 11.5 Å². The first kappa shape index (κ1) is 15.7. The molecule has 0 bridgehead atoms. The van der Waals surface area contributed by atoms with Crippen molar-refractivity contribution in [2.24, 2.45) is 0 Å². The van der Waals surface area contributed by atoms with Crippen LogP contribution < -0.4 is 10.1 Å². The summed E-state index contributed by atoms with van der Waals surface area (Å²) in [5, 5.41) is 12.1. The molecular weight excluding hydrogens is 282 g/mol. The van der Waals surface area contributed by atoms with Crippen LogP contribution >= 0.6 is 0 Å². The highest BCUT2D eigenvalue weighted by molar-refractivity contribution is 5.86. The number of benzene rings is 2. The smallest absolute Gasteiger partial charge is 0.412 e. The van der Waals surface area contributed by atoms with Crippen LogP contribution in [0.4, 0.5) is 10.5 Å². The number of anilines is 1. The van der Waals surface area contributed by atoms with E-state index in [1.54, 1.807) is 6.07 Å². The van der Waals surface area contributed by atoms with Gasteiger partial charge in [0, 0.05) is 6.07 Å². The zero-order valence-corrected chi connectivity index (χ0v) is 12.4. The Bertz CT molecular complexity index is 613. The van der Waals surface area contributed by atoms with Crippen molar-refractivity contribution in [3.63, 3.8) is 0 Å². The van der Waals surface area contributed by atoms with E-state index >= 15 is 0 Å². The second kappa shape index (κ2) is 7.93. The summed E-state index contributed by atoms with van der Waals surface area (Å²) in [6.07, 6.45) is 0.254. The van der Waals surface area contributed by atoms with E-state index in [1.165, 1.54) is 12.1 Å². The molecule has 5 nitrogen and oxygen atoms in total. The Labute approximate surface area is 129 Å². The standard InChI is InChI=1S/C17H19NO4/c1-2-10-21-16-11-14(19)8-9-15(16)18-17(20)22-12-13-6-4-3-5-7-13/h3-9,11,19H,2,10,12H2,1H3,(H,18,20). The average Bonchev–Trinajstić information content (AvgIpc) is 2.54. The molecule has 0 saturated carbocycles. The van der Waals surface area contributed by atoms with Crippen molar-refractivity contribution >= 4 is 11.8 Å². The number of aromatic hydroxyl groups is 1. The second-order valence-corrected chi connectivity index (χ2v) is 4.72. The van der Waals surface area contributed by atoms with Gasteiger partial charge < -0.3 is 14.6 Å². The van der Waals surface area contributed by atoms with Gasteiger partial charge in [0.05, 0.1) is 12.3 Å². The number of rotatable bonds is 6. The van der Waals surface area contributed by atoms with Crippen LogP contribution in [0.3, 0.4) is 0 Å². The Morgan fingerprint density at radius 2 is 1.95 bits per heavy atom. The van der Waals surface area contributed by atoms with Crippen LogP contribution in [0.1, 0.15) is 18.9 Å². The van der Waals surface area contributed by atoms with Crippen LogP contribution in [0, 0.1) is 0 Å². The lowest BCUT2D eigenvalue weighted by Gasteiger charge is -2.12. The molecule has 0 radical (unpaired) electrons. The van der Waals surface area contributed by atoms with E-state index in [9.17, 15) is 9.90 Å². The minimum absolute atomic E-state index is 0.0781. The third-order valence-electron chi connectivity index (χ3n) is 2.88. The molecule has 22 heavy (non-hydrogen) atoms. The fraction of sp³-hybridized carbons (Fsp3) is 0.235. The first-order valence-corrected chi connectivity index (χ1v) is 7.12. The van der Waals surface area contributed by atoms with Crippen LogP contribution in [-0.4, -0.2) is 17.8 Å². The van der Waals surface area contributed by atoms with Gasteiger partial charge in [-0.15, -0.1) is 0 Å². The van der Waals surface area contributed by atoms with Gasteiger partial charge in [-0.1, -0.05) is 37.3 Å². The first-order chi connectivity index (χ1) is 10.7. The maximum absolute atomic E-state index is 11.8. The van der Waals surface area contributed by atoms with Gasteiger partial charge in [-0.05, 0) is 24.1 Å². The van der Waals surface area contributed by atoms with Gasteiger partial charge in [-0.3, -0.25) is 5.32 Å². The molecule has 0 spiro atoms. The number of nitrogens with one attached hydrogen (secondary N) is 1. The molecule has 2 aromatic carbocycles. The number of hydrogen-bond donors (Lipinski definition) is 2. The van der Waals surface area contributed by atoms with Gasteiger partial charge >= 0.3 is 6.09 Å². The number of carbonyl (C=O) groups excluding carboxylic acids is 1. The molecule has 0 saturated heterocycles. The fourth-order valence-corrected chi connectivity index (χ4v) is 1.81. The Morgan fingerprint density at radius 1 is 1.18 bits per heavy atom. The summed E-state index contributed by atoms with van der Waals surface area (Å²) >= 11 is 0. The predicted octanol–water partition coefficient (Wildman–Crippen LogP) is 3.93. The minimum atomic E-state index is -0.573. The molecule has 0 atom stereocenters.